The lowest BCUT2D eigenvalue weighted by molar-refractivity contribution is 1.49. The summed E-state index contributed by atoms with van der Waals surface area (Å²) in [6.07, 6.45) is 3.80. The zero-order valence-electron chi connectivity index (χ0n) is 12.6. The average molecular weight is 336 g/mol. The molecule has 0 saturated carbocycles. The molecule has 0 bridgehead atoms. The number of nitrogens with zero attached hydrogens (tertiary/aromatic N) is 1. The van der Waals surface area contributed by atoms with Crippen molar-refractivity contribution in [3.8, 4) is 6.07 Å². The van der Waals surface area contributed by atoms with Crippen molar-refractivity contribution in [3.05, 3.63) is 87.8 Å². The number of hydrogen-bond acceptors (Lipinski definition) is 2. The second kappa shape index (κ2) is 6.42. The molecule has 112 valence electrons. The third kappa shape index (κ3) is 2.94. The van der Waals surface area contributed by atoms with E-state index in [1.807, 2.05) is 48.5 Å². The number of thiophene rings is 1. The lowest BCUT2D eigenvalue weighted by Gasteiger charge is -2.07. The summed E-state index contributed by atoms with van der Waals surface area (Å²) in [5.74, 6) is 0. The second-order valence-electron chi connectivity index (χ2n) is 5.21. The van der Waals surface area contributed by atoms with Crippen LogP contribution in [0.4, 0.5) is 0 Å². The van der Waals surface area contributed by atoms with Gasteiger partial charge in [0.1, 0.15) is 0 Å². The summed E-state index contributed by atoms with van der Waals surface area (Å²) in [6.45, 7) is 5.93. The number of halogens is 1. The fourth-order valence-corrected chi connectivity index (χ4v) is 4.05. The Morgan fingerprint density at radius 3 is 2.78 bits per heavy atom. The van der Waals surface area contributed by atoms with Crippen LogP contribution in [0.5, 0.6) is 0 Å². The minimum Gasteiger partial charge on any atom is -0.192 e. The number of hydrogen-bond donors (Lipinski definition) is 0. The predicted octanol–water partition coefficient (Wildman–Crippen LogP) is 6.35. The third-order valence-electron chi connectivity index (χ3n) is 3.73. The topological polar surface area (TPSA) is 23.8 Å². The molecule has 0 aliphatic heterocycles. The van der Waals surface area contributed by atoms with Crippen molar-refractivity contribution in [2.45, 2.75) is 6.92 Å². The fraction of sp³-hybridized carbons (Fsp3) is 0.0500. The zero-order valence-corrected chi connectivity index (χ0v) is 14.2. The van der Waals surface area contributed by atoms with Crippen LogP contribution in [-0.4, -0.2) is 0 Å². The third-order valence-corrected chi connectivity index (χ3v) is 5.27. The number of rotatable bonds is 3. The average Bonchev–Trinajstić information content (AvgIpc) is 2.88. The smallest absolute Gasteiger partial charge is 0.0991 e. The molecule has 0 atom stereocenters. The van der Waals surface area contributed by atoms with E-state index in [0.717, 1.165) is 16.5 Å². The summed E-state index contributed by atoms with van der Waals surface area (Å²) in [7, 11) is 0. The second-order valence-corrected chi connectivity index (χ2v) is 6.69. The molecule has 3 heteroatoms. The molecular weight excluding hydrogens is 322 g/mol. The minimum absolute atomic E-state index is 0.682. The SMILES string of the molecule is C=CC=C(c1cccc(Cl)c1)c1sc2ccc(C#N)cc2c1C. The van der Waals surface area contributed by atoms with Crippen molar-refractivity contribution in [2.75, 3.05) is 0 Å². The van der Waals surface area contributed by atoms with Gasteiger partial charge in [0.2, 0.25) is 0 Å². The molecule has 0 saturated heterocycles. The number of benzene rings is 2. The van der Waals surface area contributed by atoms with Gasteiger partial charge >= 0.3 is 0 Å². The van der Waals surface area contributed by atoms with Crippen molar-refractivity contribution in [1.29, 1.82) is 5.26 Å². The molecule has 1 heterocycles. The summed E-state index contributed by atoms with van der Waals surface area (Å²) >= 11 is 7.87. The van der Waals surface area contributed by atoms with Crippen LogP contribution < -0.4 is 0 Å². The van der Waals surface area contributed by atoms with E-state index in [0.29, 0.717) is 10.6 Å². The van der Waals surface area contributed by atoms with Gasteiger partial charge in [0, 0.05) is 14.6 Å². The van der Waals surface area contributed by atoms with E-state index in [1.165, 1.54) is 15.1 Å². The van der Waals surface area contributed by atoms with E-state index in [1.54, 1.807) is 17.4 Å². The highest BCUT2D eigenvalue weighted by Gasteiger charge is 2.14. The first-order chi connectivity index (χ1) is 11.1. The number of allylic oxidation sites excluding steroid dienone is 2. The molecule has 1 nitrogen and oxygen atoms in total. The quantitative estimate of drug-likeness (QED) is 0.511. The highest BCUT2D eigenvalue weighted by molar-refractivity contribution is 7.20. The summed E-state index contributed by atoms with van der Waals surface area (Å²) in [4.78, 5) is 1.18. The highest BCUT2D eigenvalue weighted by atomic mass is 35.5. The van der Waals surface area contributed by atoms with Crippen molar-refractivity contribution in [3.63, 3.8) is 0 Å². The zero-order chi connectivity index (χ0) is 16.4. The van der Waals surface area contributed by atoms with Crippen molar-refractivity contribution >= 4 is 38.6 Å². The van der Waals surface area contributed by atoms with Crippen molar-refractivity contribution in [2.24, 2.45) is 0 Å². The monoisotopic (exact) mass is 335 g/mol. The highest BCUT2D eigenvalue weighted by Crippen LogP contribution is 2.38. The van der Waals surface area contributed by atoms with Gasteiger partial charge in [0.05, 0.1) is 11.6 Å². The summed E-state index contributed by atoms with van der Waals surface area (Å²) in [6, 6.07) is 15.9. The summed E-state index contributed by atoms with van der Waals surface area (Å²) in [5.41, 5.74) is 4.02. The summed E-state index contributed by atoms with van der Waals surface area (Å²) < 4.78 is 1.17. The molecule has 1 aromatic heterocycles. The first kappa shape index (κ1) is 15.6. The minimum atomic E-state index is 0.682. The van der Waals surface area contributed by atoms with E-state index in [2.05, 4.69) is 19.6 Å². The van der Waals surface area contributed by atoms with Crippen LogP contribution in [-0.2, 0) is 0 Å². The van der Waals surface area contributed by atoms with Gasteiger partial charge in [0.25, 0.3) is 0 Å². The molecule has 3 aromatic rings. The Bertz CT molecular complexity index is 973. The predicted molar refractivity (Wildman–Crippen MR) is 100 cm³/mol. The van der Waals surface area contributed by atoms with Crippen LogP contribution in [0.3, 0.4) is 0 Å². The molecule has 0 radical (unpaired) electrons. The van der Waals surface area contributed by atoms with Gasteiger partial charge in [-0.05, 0) is 59.3 Å². The van der Waals surface area contributed by atoms with Crippen molar-refractivity contribution in [1.82, 2.24) is 0 Å². The fourth-order valence-electron chi connectivity index (χ4n) is 2.62. The van der Waals surface area contributed by atoms with Gasteiger partial charge in [-0.15, -0.1) is 11.3 Å². The van der Waals surface area contributed by atoms with Crippen LogP contribution in [0.2, 0.25) is 5.02 Å². The lowest BCUT2D eigenvalue weighted by atomic mass is 9.99. The van der Waals surface area contributed by atoms with Crippen molar-refractivity contribution < 1.29 is 0 Å². The van der Waals surface area contributed by atoms with Crippen LogP contribution in [0.25, 0.3) is 15.7 Å². The number of nitriles is 1. The Labute approximate surface area is 144 Å². The van der Waals surface area contributed by atoms with Gasteiger partial charge in [0.15, 0.2) is 0 Å². The van der Waals surface area contributed by atoms with Crippen LogP contribution in [0.1, 0.15) is 21.6 Å². The number of fused-ring (bicyclic) bond motifs is 1. The van der Waals surface area contributed by atoms with E-state index in [4.69, 9.17) is 16.9 Å². The Morgan fingerprint density at radius 2 is 2.09 bits per heavy atom. The molecule has 0 N–H and O–H groups in total. The van der Waals surface area contributed by atoms with Crippen LogP contribution >= 0.6 is 22.9 Å². The van der Waals surface area contributed by atoms with Gasteiger partial charge in [-0.3, -0.25) is 0 Å². The molecule has 0 spiro atoms. The molecular formula is C20H14ClNS. The molecule has 2 aromatic carbocycles. The largest absolute Gasteiger partial charge is 0.192 e. The van der Waals surface area contributed by atoms with E-state index < -0.39 is 0 Å². The Morgan fingerprint density at radius 1 is 1.26 bits per heavy atom. The maximum absolute atomic E-state index is 9.11. The van der Waals surface area contributed by atoms with E-state index in [9.17, 15) is 0 Å². The first-order valence-corrected chi connectivity index (χ1v) is 8.35. The Hall–Kier alpha value is -2.34. The molecule has 0 aliphatic carbocycles. The molecule has 0 fully saturated rings. The van der Waals surface area contributed by atoms with Gasteiger partial charge in [-0.2, -0.15) is 5.26 Å². The summed E-state index contributed by atoms with van der Waals surface area (Å²) in [5, 5.41) is 10.9. The van der Waals surface area contributed by atoms with Gasteiger partial charge in [-0.25, -0.2) is 0 Å². The molecule has 0 aliphatic rings. The number of aryl methyl sites for hydroxylation is 1. The normalized spacial score (nSPS) is 11.4. The Kier molecular flexibility index (Phi) is 4.34. The maximum atomic E-state index is 9.11. The van der Waals surface area contributed by atoms with Crippen LogP contribution in [0, 0.1) is 18.3 Å². The van der Waals surface area contributed by atoms with Gasteiger partial charge in [-0.1, -0.05) is 42.5 Å². The molecule has 0 amide bonds. The van der Waals surface area contributed by atoms with E-state index in [-0.39, 0.29) is 0 Å². The Balaban J connectivity index is 2.24. The lowest BCUT2D eigenvalue weighted by Crippen LogP contribution is -1.87. The standard InChI is InChI=1S/C20H14ClNS/c1-3-5-17(15-6-4-7-16(21)11-15)20-13(2)18-10-14(12-22)8-9-19(18)23-20/h3-11H,1H2,2H3. The molecule has 0 unspecified atom stereocenters. The molecule has 23 heavy (non-hydrogen) atoms. The maximum Gasteiger partial charge on any atom is 0.0991 e. The van der Waals surface area contributed by atoms with Crippen LogP contribution in [0.15, 0.2) is 61.2 Å². The van der Waals surface area contributed by atoms with Gasteiger partial charge < -0.3 is 0 Å². The van der Waals surface area contributed by atoms with E-state index >= 15 is 0 Å². The molecule has 3 rings (SSSR count). The first-order valence-electron chi connectivity index (χ1n) is 7.16.